The average Bonchev–Trinajstić information content (AvgIpc) is 2.34. The van der Waals surface area contributed by atoms with Crippen LogP contribution >= 0.6 is 43.5 Å². The van der Waals surface area contributed by atoms with Crippen molar-refractivity contribution in [1.82, 2.24) is 0 Å². The minimum absolute atomic E-state index is 0.346. The summed E-state index contributed by atoms with van der Waals surface area (Å²) in [5, 5.41) is 0.519. The molecule has 0 saturated carbocycles. The highest BCUT2D eigenvalue weighted by atomic mass is 79.9. The number of halogens is 4. The summed E-state index contributed by atoms with van der Waals surface area (Å²) in [5.41, 5.74) is 7.18. The molecule has 0 radical (unpaired) electrons. The van der Waals surface area contributed by atoms with E-state index < -0.39 is 6.04 Å². The van der Waals surface area contributed by atoms with Crippen molar-refractivity contribution in [3.05, 3.63) is 67.3 Å². The Labute approximate surface area is 126 Å². The molecule has 2 N–H and O–H groups in total. The van der Waals surface area contributed by atoms with Crippen LogP contribution in [0.4, 0.5) is 4.39 Å². The third-order valence-electron chi connectivity index (χ3n) is 2.59. The van der Waals surface area contributed by atoms with E-state index in [0.29, 0.717) is 16.1 Å². The fourth-order valence-corrected chi connectivity index (χ4v) is 2.67. The summed E-state index contributed by atoms with van der Waals surface area (Å²) >= 11 is 12.8. The van der Waals surface area contributed by atoms with Gasteiger partial charge in [-0.1, -0.05) is 43.5 Å². The standard InChI is InChI=1S/C13H9Br2ClFN/c14-7-1-3-11(16)9(5-7)13(18)10-6-8(15)2-4-12(10)17/h1-6,13H,18H2. The molecule has 0 aliphatic rings. The van der Waals surface area contributed by atoms with Crippen LogP contribution in [-0.2, 0) is 0 Å². The molecule has 0 fully saturated rings. The van der Waals surface area contributed by atoms with Crippen LogP contribution in [0.2, 0.25) is 5.02 Å². The highest BCUT2D eigenvalue weighted by molar-refractivity contribution is 9.10. The van der Waals surface area contributed by atoms with Gasteiger partial charge in [-0.15, -0.1) is 0 Å². The van der Waals surface area contributed by atoms with Crippen molar-refractivity contribution in [1.29, 1.82) is 0 Å². The maximum Gasteiger partial charge on any atom is 0.128 e. The van der Waals surface area contributed by atoms with E-state index in [9.17, 15) is 4.39 Å². The molecular weight excluding hydrogens is 384 g/mol. The summed E-state index contributed by atoms with van der Waals surface area (Å²) in [5.74, 6) is -0.346. The zero-order valence-electron chi connectivity index (χ0n) is 9.13. The summed E-state index contributed by atoms with van der Waals surface area (Å²) in [6, 6.07) is 9.42. The lowest BCUT2D eigenvalue weighted by Crippen LogP contribution is -2.14. The van der Waals surface area contributed by atoms with Crippen LogP contribution in [0.25, 0.3) is 0 Å². The molecule has 1 nitrogen and oxygen atoms in total. The Morgan fingerprint density at radius 3 is 2.22 bits per heavy atom. The van der Waals surface area contributed by atoms with Gasteiger partial charge in [-0.05, 0) is 42.0 Å². The zero-order valence-corrected chi connectivity index (χ0v) is 13.1. The Bertz CT molecular complexity index is 538. The van der Waals surface area contributed by atoms with Crippen molar-refractivity contribution < 1.29 is 4.39 Å². The van der Waals surface area contributed by atoms with Crippen LogP contribution in [0.3, 0.4) is 0 Å². The number of hydrogen-bond donors (Lipinski definition) is 1. The van der Waals surface area contributed by atoms with Gasteiger partial charge in [0.25, 0.3) is 0 Å². The summed E-state index contributed by atoms with van der Waals surface area (Å²) < 4.78 is 15.4. The average molecular weight is 393 g/mol. The topological polar surface area (TPSA) is 26.0 Å². The van der Waals surface area contributed by atoms with E-state index in [0.717, 1.165) is 8.95 Å². The first-order valence-corrected chi connectivity index (χ1v) is 7.11. The van der Waals surface area contributed by atoms with Crippen LogP contribution in [0.1, 0.15) is 17.2 Å². The quantitative estimate of drug-likeness (QED) is 0.759. The highest BCUT2D eigenvalue weighted by Crippen LogP contribution is 2.31. The second-order valence-corrected chi connectivity index (χ2v) is 6.05. The molecular formula is C13H9Br2ClFN. The van der Waals surface area contributed by atoms with Gasteiger partial charge in [0.2, 0.25) is 0 Å². The summed E-state index contributed by atoms with van der Waals surface area (Å²) in [6.45, 7) is 0. The van der Waals surface area contributed by atoms with Crippen LogP contribution in [-0.4, -0.2) is 0 Å². The van der Waals surface area contributed by atoms with E-state index >= 15 is 0 Å². The second-order valence-electron chi connectivity index (χ2n) is 3.81. The summed E-state index contributed by atoms with van der Waals surface area (Å²) in [7, 11) is 0. The number of benzene rings is 2. The predicted molar refractivity (Wildman–Crippen MR) is 79.3 cm³/mol. The molecule has 94 valence electrons. The van der Waals surface area contributed by atoms with Crippen LogP contribution in [0, 0.1) is 5.82 Å². The van der Waals surface area contributed by atoms with E-state index in [-0.39, 0.29) is 5.82 Å². The van der Waals surface area contributed by atoms with Gasteiger partial charge in [0.15, 0.2) is 0 Å². The maximum absolute atomic E-state index is 13.8. The van der Waals surface area contributed by atoms with Gasteiger partial charge in [-0.3, -0.25) is 0 Å². The van der Waals surface area contributed by atoms with E-state index in [4.69, 9.17) is 17.3 Å². The molecule has 0 amide bonds. The predicted octanol–water partition coefficient (Wildman–Crippen LogP) is 5.05. The Balaban J connectivity index is 2.50. The molecule has 18 heavy (non-hydrogen) atoms. The van der Waals surface area contributed by atoms with Gasteiger partial charge in [0, 0.05) is 19.5 Å². The molecule has 2 aromatic carbocycles. The zero-order chi connectivity index (χ0) is 13.3. The molecule has 0 aromatic heterocycles. The summed E-state index contributed by atoms with van der Waals surface area (Å²) in [6.07, 6.45) is 0. The second kappa shape index (κ2) is 5.70. The monoisotopic (exact) mass is 391 g/mol. The lowest BCUT2D eigenvalue weighted by molar-refractivity contribution is 0.599. The van der Waals surface area contributed by atoms with Crippen molar-refractivity contribution in [3.8, 4) is 0 Å². The van der Waals surface area contributed by atoms with Gasteiger partial charge in [0.05, 0.1) is 6.04 Å². The molecule has 2 aromatic rings. The first-order valence-electron chi connectivity index (χ1n) is 5.14. The SMILES string of the molecule is NC(c1cc(Br)ccc1F)c1cc(Br)ccc1Cl. The number of rotatable bonds is 2. The normalized spacial score (nSPS) is 12.5. The molecule has 0 spiro atoms. The Hall–Kier alpha value is -0.420. The van der Waals surface area contributed by atoms with E-state index in [1.165, 1.54) is 6.07 Å². The van der Waals surface area contributed by atoms with Gasteiger partial charge in [-0.2, -0.15) is 0 Å². The molecule has 0 heterocycles. The molecule has 5 heteroatoms. The van der Waals surface area contributed by atoms with Crippen molar-refractivity contribution in [2.75, 3.05) is 0 Å². The molecule has 2 rings (SSSR count). The van der Waals surface area contributed by atoms with E-state index in [2.05, 4.69) is 31.9 Å². The van der Waals surface area contributed by atoms with E-state index in [1.807, 2.05) is 6.07 Å². The molecule has 0 saturated heterocycles. The van der Waals surface area contributed by atoms with Crippen LogP contribution < -0.4 is 5.73 Å². The molecule has 1 unspecified atom stereocenters. The van der Waals surface area contributed by atoms with Crippen molar-refractivity contribution >= 4 is 43.5 Å². The number of nitrogens with two attached hydrogens (primary N) is 1. The van der Waals surface area contributed by atoms with Gasteiger partial charge in [-0.25, -0.2) is 4.39 Å². The van der Waals surface area contributed by atoms with Gasteiger partial charge >= 0.3 is 0 Å². The highest BCUT2D eigenvalue weighted by Gasteiger charge is 2.17. The molecule has 0 aliphatic heterocycles. The minimum atomic E-state index is -0.604. The lowest BCUT2D eigenvalue weighted by atomic mass is 9.99. The van der Waals surface area contributed by atoms with Crippen molar-refractivity contribution in [2.45, 2.75) is 6.04 Å². The molecule has 0 aliphatic carbocycles. The van der Waals surface area contributed by atoms with Crippen molar-refractivity contribution in [3.63, 3.8) is 0 Å². The Morgan fingerprint density at radius 2 is 1.56 bits per heavy atom. The largest absolute Gasteiger partial charge is 0.320 e. The maximum atomic E-state index is 13.8. The minimum Gasteiger partial charge on any atom is -0.320 e. The smallest absolute Gasteiger partial charge is 0.128 e. The number of hydrogen-bond acceptors (Lipinski definition) is 1. The van der Waals surface area contributed by atoms with Crippen molar-refractivity contribution in [2.24, 2.45) is 5.73 Å². The molecule has 0 bridgehead atoms. The van der Waals surface area contributed by atoms with E-state index in [1.54, 1.807) is 24.3 Å². The first-order chi connectivity index (χ1) is 8.49. The lowest BCUT2D eigenvalue weighted by Gasteiger charge is -2.15. The first kappa shape index (κ1) is 14.0. The Morgan fingerprint density at radius 1 is 1.00 bits per heavy atom. The Kier molecular flexibility index (Phi) is 4.43. The molecule has 1 atom stereocenters. The van der Waals surface area contributed by atoms with Gasteiger partial charge in [0.1, 0.15) is 5.82 Å². The summed E-state index contributed by atoms with van der Waals surface area (Å²) in [4.78, 5) is 0. The van der Waals surface area contributed by atoms with Crippen LogP contribution in [0.15, 0.2) is 45.3 Å². The van der Waals surface area contributed by atoms with Crippen LogP contribution in [0.5, 0.6) is 0 Å². The third-order valence-corrected chi connectivity index (χ3v) is 3.92. The third kappa shape index (κ3) is 2.94. The fraction of sp³-hybridized carbons (Fsp3) is 0.0769. The van der Waals surface area contributed by atoms with Gasteiger partial charge < -0.3 is 5.73 Å². The fourth-order valence-electron chi connectivity index (χ4n) is 1.67.